The molecule has 1 aromatic heterocycles. The highest BCUT2D eigenvalue weighted by molar-refractivity contribution is 5.75. The number of hydrogen-bond acceptors (Lipinski definition) is 2. The van der Waals surface area contributed by atoms with Crippen LogP contribution in [0.1, 0.15) is 50.6 Å². The summed E-state index contributed by atoms with van der Waals surface area (Å²) in [5.41, 5.74) is 2.84. The Morgan fingerprint density at radius 1 is 1.25 bits per heavy atom. The average Bonchev–Trinajstić information content (AvgIpc) is 3.05. The first-order valence-electron chi connectivity index (χ1n) is 7.68. The standard InChI is InChI=1S/C16H23N3O/c1-11(17-9-8-12-4-2-3-5-12)13-6-7-14-15(10-13)19-16(20)18-14/h6-7,10-12,17H,2-5,8-9H2,1H3,(H2,18,19,20). The second-order valence-corrected chi connectivity index (χ2v) is 6.00. The lowest BCUT2D eigenvalue weighted by atomic mass is 10.0. The first-order valence-corrected chi connectivity index (χ1v) is 7.68. The predicted molar refractivity (Wildman–Crippen MR) is 81.9 cm³/mol. The van der Waals surface area contributed by atoms with Gasteiger partial charge in [-0.15, -0.1) is 0 Å². The van der Waals surface area contributed by atoms with Gasteiger partial charge in [0.2, 0.25) is 0 Å². The topological polar surface area (TPSA) is 60.7 Å². The molecular formula is C16H23N3O. The molecule has 108 valence electrons. The quantitative estimate of drug-likeness (QED) is 0.784. The van der Waals surface area contributed by atoms with Gasteiger partial charge in [0.05, 0.1) is 11.0 Å². The molecule has 1 aliphatic carbocycles. The van der Waals surface area contributed by atoms with Gasteiger partial charge in [0.1, 0.15) is 0 Å². The summed E-state index contributed by atoms with van der Waals surface area (Å²) in [4.78, 5) is 16.9. The van der Waals surface area contributed by atoms with Crippen molar-refractivity contribution in [3.05, 3.63) is 34.2 Å². The highest BCUT2D eigenvalue weighted by Gasteiger charge is 2.15. The first-order chi connectivity index (χ1) is 9.72. The highest BCUT2D eigenvalue weighted by Crippen LogP contribution is 2.27. The zero-order chi connectivity index (χ0) is 13.9. The van der Waals surface area contributed by atoms with E-state index in [2.05, 4.69) is 34.3 Å². The van der Waals surface area contributed by atoms with Gasteiger partial charge in [0.25, 0.3) is 0 Å². The summed E-state index contributed by atoms with van der Waals surface area (Å²) >= 11 is 0. The molecule has 0 spiro atoms. The van der Waals surface area contributed by atoms with E-state index in [9.17, 15) is 4.79 Å². The molecular weight excluding hydrogens is 250 g/mol. The second-order valence-electron chi connectivity index (χ2n) is 6.00. The van der Waals surface area contributed by atoms with Crippen molar-refractivity contribution in [3.63, 3.8) is 0 Å². The second kappa shape index (κ2) is 5.83. The van der Waals surface area contributed by atoms with Crippen LogP contribution >= 0.6 is 0 Å². The Kier molecular flexibility index (Phi) is 3.92. The molecule has 1 aromatic carbocycles. The van der Waals surface area contributed by atoms with Crippen molar-refractivity contribution in [2.24, 2.45) is 5.92 Å². The monoisotopic (exact) mass is 273 g/mol. The Labute approximate surface area is 119 Å². The van der Waals surface area contributed by atoms with E-state index in [-0.39, 0.29) is 5.69 Å². The Morgan fingerprint density at radius 2 is 2.00 bits per heavy atom. The summed E-state index contributed by atoms with van der Waals surface area (Å²) in [5, 5.41) is 3.60. The fourth-order valence-corrected chi connectivity index (χ4v) is 3.24. The third kappa shape index (κ3) is 2.96. The number of aromatic amines is 2. The Morgan fingerprint density at radius 3 is 2.80 bits per heavy atom. The minimum atomic E-state index is -0.140. The van der Waals surface area contributed by atoms with Crippen LogP contribution in [0.15, 0.2) is 23.0 Å². The molecule has 0 amide bonds. The van der Waals surface area contributed by atoms with E-state index in [0.29, 0.717) is 6.04 Å². The number of benzene rings is 1. The van der Waals surface area contributed by atoms with E-state index in [0.717, 1.165) is 23.5 Å². The summed E-state index contributed by atoms with van der Waals surface area (Å²) in [6.07, 6.45) is 6.93. The van der Waals surface area contributed by atoms with E-state index in [1.807, 2.05) is 6.07 Å². The molecule has 0 aliphatic heterocycles. The maximum Gasteiger partial charge on any atom is 0.323 e. The zero-order valence-electron chi connectivity index (χ0n) is 12.0. The van der Waals surface area contributed by atoms with Crippen LogP contribution in [0, 0.1) is 5.92 Å². The van der Waals surface area contributed by atoms with Crippen molar-refractivity contribution >= 4 is 11.0 Å². The first kappa shape index (κ1) is 13.4. The Bertz CT molecular complexity index is 622. The van der Waals surface area contributed by atoms with Gasteiger partial charge in [0.15, 0.2) is 0 Å². The van der Waals surface area contributed by atoms with E-state index in [1.54, 1.807) is 0 Å². The lowest BCUT2D eigenvalue weighted by Crippen LogP contribution is -2.21. The largest absolute Gasteiger partial charge is 0.323 e. The molecule has 1 saturated carbocycles. The normalized spacial score (nSPS) is 17.9. The SMILES string of the molecule is CC(NCCC1CCCC1)c1ccc2[nH]c(=O)[nH]c2c1. The van der Waals surface area contributed by atoms with Crippen molar-refractivity contribution in [2.75, 3.05) is 6.54 Å². The highest BCUT2D eigenvalue weighted by atomic mass is 16.1. The minimum absolute atomic E-state index is 0.140. The summed E-state index contributed by atoms with van der Waals surface area (Å²) in [7, 11) is 0. The minimum Gasteiger partial charge on any atom is -0.310 e. The van der Waals surface area contributed by atoms with Gasteiger partial charge in [-0.3, -0.25) is 0 Å². The Hall–Kier alpha value is -1.55. The van der Waals surface area contributed by atoms with Crippen LogP contribution in [0.2, 0.25) is 0 Å². The van der Waals surface area contributed by atoms with Crippen LogP contribution < -0.4 is 11.0 Å². The molecule has 1 unspecified atom stereocenters. The van der Waals surface area contributed by atoms with Crippen molar-refractivity contribution in [1.29, 1.82) is 0 Å². The predicted octanol–water partition coefficient (Wildman–Crippen LogP) is 3.09. The lowest BCUT2D eigenvalue weighted by Gasteiger charge is -2.16. The summed E-state index contributed by atoms with van der Waals surface area (Å²) in [5.74, 6) is 0.929. The Balaban J connectivity index is 1.59. The summed E-state index contributed by atoms with van der Waals surface area (Å²) in [6, 6.07) is 6.43. The maximum absolute atomic E-state index is 11.3. The molecule has 0 bridgehead atoms. The fourth-order valence-electron chi connectivity index (χ4n) is 3.24. The van der Waals surface area contributed by atoms with Crippen LogP contribution in [0.4, 0.5) is 0 Å². The van der Waals surface area contributed by atoms with E-state index in [1.165, 1.54) is 37.7 Å². The third-order valence-electron chi connectivity index (χ3n) is 4.52. The molecule has 0 radical (unpaired) electrons. The van der Waals surface area contributed by atoms with E-state index in [4.69, 9.17) is 0 Å². The molecule has 1 fully saturated rings. The van der Waals surface area contributed by atoms with Gasteiger partial charge >= 0.3 is 5.69 Å². The summed E-state index contributed by atoms with van der Waals surface area (Å²) in [6.45, 7) is 3.26. The molecule has 4 nitrogen and oxygen atoms in total. The smallest absolute Gasteiger partial charge is 0.310 e. The fraction of sp³-hybridized carbons (Fsp3) is 0.562. The lowest BCUT2D eigenvalue weighted by molar-refractivity contribution is 0.455. The molecule has 1 atom stereocenters. The number of hydrogen-bond donors (Lipinski definition) is 3. The van der Waals surface area contributed by atoms with Crippen LogP contribution in [0.3, 0.4) is 0 Å². The number of nitrogens with one attached hydrogen (secondary N) is 3. The third-order valence-corrected chi connectivity index (χ3v) is 4.52. The van der Waals surface area contributed by atoms with Crippen molar-refractivity contribution in [3.8, 4) is 0 Å². The number of rotatable bonds is 5. The van der Waals surface area contributed by atoms with Gasteiger partial charge < -0.3 is 15.3 Å². The summed E-state index contributed by atoms with van der Waals surface area (Å²) < 4.78 is 0. The molecule has 1 aliphatic rings. The number of fused-ring (bicyclic) bond motifs is 1. The molecule has 3 rings (SSSR count). The number of aromatic nitrogens is 2. The van der Waals surface area contributed by atoms with Crippen LogP contribution in [-0.2, 0) is 0 Å². The molecule has 3 N–H and O–H groups in total. The van der Waals surface area contributed by atoms with Crippen LogP contribution in [0.5, 0.6) is 0 Å². The molecule has 1 heterocycles. The number of imidazole rings is 1. The van der Waals surface area contributed by atoms with Crippen LogP contribution in [0.25, 0.3) is 11.0 Å². The number of H-pyrrole nitrogens is 2. The molecule has 2 aromatic rings. The average molecular weight is 273 g/mol. The van der Waals surface area contributed by atoms with Crippen molar-refractivity contribution < 1.29 is 0 Å². The van der Waals surface area contributed by atoms with Crippen LogP contribution in [-0.4, -0.2) is 16.5 Å². The van der Waals surface area contributed by atoms with Crippen molar-refractivity contribution in [2.45, 2.75) is 45.1 Å². The van der Waals surface area contributed by atoms with Gasteiger partial charge in [-0.2, -0.15) is 0 Å². The maximum atomic E-state index is 11.3. The van der Waals surface area contributed by atoms with Gasteiger partial charge in [-0.1, -0.05) is 31.7 Å². The molecule has 0 saturated heterocycles. The van der Waals surface area contributed by atoms with Gasteiger partial charge in [0, 0.05) is 6.04 Å². The van der Waals surface area contributed by atoms with Gasteiger partial charge in [-0.05, 0) is 43.5 Å². The van der Waals surface area contributed by atoms with Crippen molar-refractivity contribution in [1.82, 2.24) is 15.3 Å². The zero-order valence-corrected chi connectivity index (χ0v) is 12.0. The molecule has 20 heavy (non-hydrogen) atoms. The molecule has 4 heteroatoms. The van der Waals surface area contributed by atoms with Gasteiger partial charge in [-0.25, -0.2) is 4.79 Å². The van der Waals surface area contributed by atoms with E-state index < -0.39 is 0 Å². The van der Waals surface area contributed by atoms with E-state index >= 15 is 0 Å².